The van der Waals surface area contributed by atoms with Crippen molar-refractivity contribution in [1.82, 2.24) is 5.32 Å². The minimum atomic E-state index is -1.15. The number of amides is 2. The third kappa shape index (κ3) is 5.86. The molecule has 0 bridgehead atoms. The fourth-order valence-electron chi connectivity index (χ4n) is 2.51. The smallest absolute Gasteiger partial charge is 0.338 e. The van der Waals surface area contributed by atoms with E-state index in [1.165, 1.54) is 31.2 Å². The number of nitro benzene ring substituents is 1. The molecule has 2 rings (SSSR count). The molecule has 0 aliphatic carbocycles. The lowest BCUT2D eigenvalue weighted by atomic mass is 10.1. The predicted octanol–water partition coefficient (Wildman–Crippen LogP) is 2.51. The zero-order valence-corrected chi connectivity index (χ0v) is 16.2. The van der Waals surface area contributed by atoms with Gasteiger partial charge in [0.2, 0.25) is 5.91 Å². The number of hydrogen-bond acceptors (Lipinski definition) is 6. The van der Waals surface area contributed by atoms with Gasteiger partial charge in [-0.2, -0.15) is 0 Å². The zero-order valence-electron chi connectivity index (χ0n) is 16.2. The molecule has 0 saturated heterocycles. The first-order valence-corrected chi connectivity index (χ1v) is 8.78. The second kappa shape index (κ2) is 9.45. The van der Waals surface area contributed by atoms with Crippen LogP contribution in [-0.4, -0.2) is 35.4 Å². The van der Waals surface area contributed by atoms with Gasteiger partial charge in [-0.3, -0.25) is 19.7 Å². The van der Waals surface area contributed by atoms with E-state index < -0.39 is 28.8 Å². The molecule has 152 valence electrons. The number of esters is 1. The van der Waals surface area contributed by atoms with Crippen molar-refractivity contribution in [2.24, 2.45) is 0 Å². The van der Waals surface area contributed by atoms with E-state index in [0.717, 1.165) is 11.1 Å². The van der Waals surface area contributed by atoms with Crippen molar-refractivity contribution in [3.05, 3.63) is 69.3 Å². The Morgan fingerprint density at radius 2 is 1.66 bits per heavy atom. The molecule has 0 heterocycles. The van der Waals surface area contributed by atoms with Crippen molar-refractivity contribution in [2.75, 3.05) is 11.9 Å². The quantitative estimate of drug-likeness (QED) is 0.418. The molecule has 9 nitrogen and oxygen atoms in total. The van der Waals surface area contributed by atoms with Gasteiger partial charge in [-0.05, 0) is 44.0 Å². The second-order valence-corrected chi connectivity index (χ2v) is 6.38. The summed E-state index contributed by atoms with van der Waals surface area (Å²) in [5.41, 5.74) is 2.39. The Hall–Kier alpha value is -3.75. The molecule has 2 amide bonds. The van der Waals surface area contributed by atoms with Crippen molar-refractivity contribution in [3.63, 3.8) is 0 Å². The third-order valence-corrected chi connectivity index (χ3v) is 4.14. The van der Waals surface area contributed by atoms with Gasteiger partial charge in [0, 0.05) is 17.8 Å². The van der Waals surface area contributed by atoms with E-state index in [2.05, 4.69) is 10.6 Å². The van der Waals surface area contributed by atoms with E-state index in [-0.39, 0.29) is 17.8 Å². The van der Waals surface area contributed by atoms with Gasteiger partial charge in [-0.25, -0.2) is 4.79 Å². The Balaban J connectivity index is 1.86. The maximum absolute atomic E-state index is 12.1. The number of carbonyl (C=O) groups is 3. The van der Waals surface area contributed by atoms with Crippen molar-refractivity contribution in [3.8, 4) is 0 Å². The van der Waals surface area contributed by atoms with Gasteiger partial charge in [-0.1, -0.05) is 18.2 Å². The van der Waals surface area contributed by atoms with Crippen LogP contribution in [0.2, 0.25) is 0 Å². The highest BCUT2D eigenvalue weighted by atomic mass is 16.6. The van der Waals surface area contributed by atoms with Gasteiger partial charge in [-0.15, -0.1) is 0 Å². The molecule has 1 atom stereocenters. The fraction of sp³-hybridized carbons (Fsp3) is 0.250. The number of hydrogen-bond donors (Lipinski definition) is 2. The number of non-ortho nitro benzene ring substituents is 1. The van der Waals surface area contributed by atoms with Gasteiger partial charge in [0.1, 0.15) is 0 Å². The summed E-state index contributed by atoms with van der Waals surface area (Å²) in [4.78, 5) is 46.3. The highest BCUT2D eigenvalue weighted by Gasteiger charge is 2.20. The number of anilines is 1. The summed E-state index contributed by atoms with van der Waals surface area (Å²) in [6.07, 6.45) is -1.15. The molecule has 0 spiro atoms. The van der Waals surface area contributed by atoms with E-state index in [0.29, 0.717) is 5.69 Å². The van der Waals surface area contributed by atoms with Gasteiger partial charge >= 0.3 is 5.97 Å². The molecular formula is C20H21N3O6. The van der Waals surface area contributed by atoms with Crippen LogP contribution in [0.15, 0.2) is 42.5 Å². The highest BCUT2D eigenvalue weighted by molar-refractivity contribution is 5.97. The van der Waals surface area contributed by atoms with Crippen LogP contribution in [0.4, 0.5) is 11.4 Å². The predicted molar refractivity (Wildman–Crippen MR) is 106 cm³/mol. The van der Waals surface area contributed by atoms with E-state index in [1.54, 1.807) is 0 Å². The zero-order chi connectivity index (χ0) is 21.6. The number of rotatable bonds is 7. The monoisotopic (exact) mass is 399 g/mol. The van der Waals surface area contributed by atoms with E-state index in [9.17, 15) is 24.5 Å². The average Bonchev–Trinajstić information content (AvgIpc) is 2.69. The van der Waals surface area contributed by atoms with E-state index >= 15 is 0 Å². The molecule has 1 unspecified atom stereocenters. The number of para-hydroxylation sites is 1. The fourth-order valence-corrected chi connectivity index (χ4v) is 2.51. The molecule has 0 saturated carbocycles. The van der Waals surface area contributed by atoms with Crippen LogP contribution < -0.4 is 10.6 Å². The number of carbonyl (C=O) groups excluding carboxylic acids is 3. The van der Waals surface area contributed by atoms with Gasteiger partial charge in [0.15, 0.2) is 6.10 Å². The molecule has 9 heteroatoms. The Kier molecular flexibility index (Phi) is 7.02. The van der Waals surface area contributed by atoms with Crippen LogP contribution >= 0.6 is 0 Å². The SMILES string of the molecule is Cc1cccc(C)c1NC(=O)CNC(=O)C(C)OC(=O)c1ccc([N+](=O)[O-])cc1. The largest absolute Gasteiger partial charge is 0.449 e. The van der Waals surface area contributed by atoms with Gasteiger partial charge in [0.05, 0.1) is 17.0 Å². The number of nitro groups is 1. The topological polar surface area (TPSA) is 128 Å². The van der Waals surface area contributed by atoms with Crippen molar-refractivity contribution in [1.29, 1.82) is 0 Å². The number of ether oxygens (including phenoxy) is 1. The lowest BCUT2D eigenvalue weighted by molar-refractivity contribution is -0.384. The van der Waals surface area contributed by atoms with Crippen LogP contribution in [0.5, 0.6) is 0 Å². The summed E-state index contributed by atoms with van der Waals surface area (Å²) in [6, 6.07) is 10.4. The molecule has 29 heavy (non-hydrogen) atoms. The van der Waals surface area contributed by atoms with Gasteiger partial charge in [0.25, 0.3) is 11.6 Å². The van der Waals surface area contributed by atoms with Gasteiger partial charge < -0.3 is 15.4 Å². The second-order valence-electron chi connectivity index (χ2n) is 6.38. The van der Waals surface area contributed by atoms with Crippen molar-refractivity contribution in [2.45, 2.75) is 26.9 Å². The summed E-state index contributed by atoms with van der Waals surface area (Å²) >= 11 is 0. The molecule has 0 radical (unpaired) electrons. The summed E-state index contributed by atoms with van der Waals surface area (Å²) in [7, 11) is 0. The Morgan fingerprint density at radius 1 is 1.07 bits per heavy atom. The third-order valence-electron chi connectivity index (χ3n) is 4.14. The number of nitrogens with zero attached hydrogens (tertiary/aromatic N) is 1. The Bertz CT molecular complexity index is 919. The first-order chi connectivity index (χ1) is 13.7. The first-order valence-electron chi connectivity index (χ1n) is 8.78. The number of benzene rings is 2. The normalized spacial score (nSPS) is 11.3. The summed E-state index contributed by atoms with van der Waals surface area (Å²) in [5, 5.41) is 15.8. The summed E-state index contributed by atoms with van der Waals surface area (Å²) in [6.45, 7) is 4.80. The van der Waals surface area contributed by atoms with Crippen LogP contribution in [0.25, 0.3) is 0 Å². The molecule has 0 fully saturated rings. The highest BCUT2D eigenvalue weighted by Crippen LogP contribution is 2.19. The Morgan fingerprint density at radius 3 is 2.21 bits per heavy atom. The molecule has 0 aromatic heterocycles. The minimum absolute atomic E-state index is 0.0722. The standard InChI is InChI=1S/C20H21N3O6/c1-12-5-4-6-13(2)18(12)22-17(24)11-21-19(25)14(3)29-20(26)15-7-9-16(10-8-15)23(27)28/h4-10,14H,11H2,1-3H3,(H,21,25)(H,22,24). The van der Waals surface area contributed by atoms with Crippen LogP contribution in [0.1, 0.15) is 28.4 Å². The first kappa shape index (κ1) is 21.5. The Labute approximate surface area is 167 Å². The molecule has 0 aliphatic rings. The van der Waals surface area contributed by atoms with Crippen molar-refractivity contribution >= 4 is 29.2 Å². The number of nitrogens with one attached hydrogen (secondary N) is 2. The molecule has 2 aromatic rings. The average molecular weight is 399 g/mol. The molecule has 0 aliphatic heterocycles. The summed E-state index contributed by atoms with van der Waals surface area (Å²) < 4.78 is 5.03. The van der Waals surface area contributed by atoms with Crippen molar-refractivity contribution < 1.29 is 24.0 Å². The van der Waals surface area contributed by atoms with E-state index in [4.69, 9.17) is 4.74 Å². The number of aryl methyl sites for hydroxylation is 2. The van der Waals surface area contributed by atoms with Crippen LogP contribution in [0, 0.1) is 24.0 Å². The molecule has 2 aromatic carbocycles. The lowest BCUT2D eigenvalue weighted by Gasteiger charge is -2.14. The molecule has 2 N–H and O–H groups in total. The molecular weight excluding hydrogens is 378 g/mol. The summed E-state index contributed by atoms with van der Waals surface area (Å²) in [5.74, 6) is -1.86. The van der Waals surface area contributed by atoms with E-state index in [1.807, 2.05) is 32.0 Å². The van der Waals surface area contributed by atoms with Crippen LogP contribution in [0.3, 0.4) is 0 Å². The van der Waals surface area contributed by atoms with Crippen LogP contribution in [-0.2, 0) is 14.3 Å². The maximum Gasteiger partial charge on any atom is 0.338 e. The minimum Gasteiger partial charge on any atom is -0.449 e. The maximum atomic E-state index is 12.1. The lowest BCUT2D eigenvalue weighted by Crippen LogP contribution is -2.40.